The van der Waals surface area contributed by atoms with Gasteiger partial charge in [-0.2, -0.15) is 5.10 Å². The third-order valence-corrected chi connectivity index (χ3v) is 7.30. The number of hydrogen-bond acceptors (Lipinski definition) is 7. The lowest BCUT2D eigenvalue weighted by Crippen LogP contribution is -2.28. The highest BCUT2D eigenvalue weighted by molar-refractivity contribution is 5.94. The number of anilines is 1. The summed E-state index contributed by atoms with van der Waals surface area (Å²) in [5.74, 6) is 1.56. The molecular weight excluding hydrogens is 502 g/mol. The van der Waals surface area contributed by atoms with Crippen LogP contribution in [0.3, 0.4) is 0 Å². The minimum absolute atomic E-state index is 0.0875. The van der Waals surface area contributed by atoms with Crippen LogP contribution in [0, 0.1) is 6.92 Å². The van der Waals surface area contributed by atoms with Crippen molar-refractivity contribution >= 4 is 22.9 Å². The number of carbonyl (C=O) groups excluding carboxylic acids is 1. The Bertz CT molecular complexity index is 1890. The Labute approximate surface area is 229 Å². The van der Waals surface area contributed by atoms with Gasteiger partial charge in [-0.05, 0) is 85.0 Å². The molecule has 0 saturated carbocycles. The fourth-order valence-corrected chi connectivity index (χ4v) is 5.35. The number of fused-ring (bicyclic) bond motifs is 2. The first-order chi connectivity index (χ1) is 19.6. The molecule has 0 spiro atoms. The monoisotopic (exact) mass is 527 g/mol. The van der Waals surface area contributed by atoms with Crippen molar-refractivity contribution in [2.45, 2.75) is 25.8 Å². The van der Waals surface area contributed by atoms with Crippen LogP contribution in [0.25, 0.3) is 34.1 Å². The molecule has 1 atom stereocenters. The quantitative estimate of drug-likeness (QED) is 0.340. The number of nitrogens with two attached hydrogens (primary N) is 1. The maximum atomic E-state index is 13.0. The van der Waals surface area contributed by atoms with E-state index in [2.05, 4.69) is 32.5 Å². The normalized spacial score (nSPS) is 14.4. The summed E-state index contributed by atoms with van der Waals surface area (Å²) >= 11 is 0. The summed E-state index contributed by atoms with van der Waals surface area (Å²) in [5.41, 5.74) is 12.9. The highest BCUT2D eigenvalue weighted by Gasteiger charge is 2.27. The van der Waals surface area contributed by atoms with Crippen LogP contribution in [0.4, 0.5) is 5.82 Å². The van der Waals surface area contributed by atoms with Crippen molar-refractivity contribution in [1.82, 2.24) is 39.6 Å². The Hall–Kier alpha value is -5.38. The SMILES string of the molecule is Cc1cccnc1C(=O)N[C@H]1CCc2cc(-n3c(-c4cccnc4N)nc4ccc(-n5cccn5)nc43)ccc21. The second-order valence-corrected chi connectivity index (χ2v) is 9.79. The summed E-state index contributed by atoms with van der Waals surface area (Å²) < 4.78 is 3.73. The number of benzene rings is 1. The number of aryl methyl sites for hydroxylation is 2. The molecule has 196 valence electrons. The molecule has 1 aliphatic rings. The molecule has 7 rings (SSSR count). The van der Waals surface area contributed by atoms with E-state index >= 15 is 0 Å². The maximum absolute atomic E-state index is 13.0. The molecule has 10 heteroatoms. The molecule has 0 aliphatic heterocycles. The average Bonchev–Trinajstić information content (AvgIpc) is 3.72. The van der Waals surface area contributed by atoms with Crippen molar-refractivity contribution in [3.05, 3.63) is 108 Å². The summed E-state index contributed by atoms with van der Waals surface area (Å²) in [7, 11) is 0. The topological polar surface area (TPSA) is 129 Å². The van der Waals surface area contributed by atoms with Crippen LogP contribution in [0.15, 0.2) is 85.5 Å². The summed E-state index contributed by atoms with van der Waals surface area (Å²) in [6, 6.07) is 19.3. The Balaban J connectivity index is 1.32. The van der Waals surface area contributed by atoms with E-state index in [0.29, 0.717) is 28.8 Å². The number of nitrogen functional groups attached to an aromatic ring is 1. The zero-order valence-electron chi connectivity index (χ0n) is 21.7. The number of nitrogens with one attached hydrogen (secondary N) is 1. The van der Waals surface area contributed by atoms with Gasteiger partial charge in [0, 0.05) is 30.5 Å². The van der Waals surface area contributed by atoms with Crippen molar-refractivity contribution in [3.8, 4) is 22.9 Å². The van der Waals surface area contributed by atoms with Crippen LogP contribution in [0.1, 0.15) is 39.6 Å². The molecule has 0 radical (unpaired) electrons. The molecule has 5 aromatic heterocycles. The summed E-state index contributed by atoms with van der Waals surface area (Å²) in [6.07, 6.45) is 8.52. The van der Waals surface area contributed by atoms with Gasteiger partial charge in [0.05, 0.1) is 11.6 Å². The van der Waals surface area contributed by atoms with Gasteiger partial charge in [-0.3, -0.25) is 14.3 Å². The van der Waals surface area contributed by atoms with Gasteiger partial charge in [-0.25, -0.2) is 19.6 Å². The molecule has 0 fully saturated rings. The van der Waals surface area contributed by atoms with Crippen LogP contribution < -0.4 is 11.1 Å². The number of imidazole rings is 1. The lowest BCUT2D eigenvalue weighted by atomic mass is 10.1. The molecule has 0 saturated heterocycles. The molecule has 40 heavy (non-hydrogen) atoms. The minimum Gasteiger partial charge on any atom is -0.383 e. The van der Waals surface area contributed by atoms with E-state index in [1.54, 1.807) is 23.3 Å². The van der Waals surface area contributed by atoms with Crippen LogP contribution >= 0.6 is 0 Å². The van der Waals surface area contributed by atoms with E-state index in [0.717, 1.165) is 46.3 Å². The third-order valence-electron chi connectivity index (χ3n) is 7.30. The van der Waals surface area contributed by atoms with Gasteiger partial charge in [-0.1, -0.05) is 12.1 Å². The van der Waals surface area contributed by atoms with E-state index in [1.807, 2.05) is 66.2 Å². The fourth-order valence-electron chi connectivity index (χ4n) is 5.35. The van der Waals surface area contributed by atoms with E-state index in [9.17, 15) is 4.79 Å². The van der Waals surface area contributed by atoms with E-state index < -0.39 is 0 Å². The zero-order chi connectivity index (χ0) is 27.2. The van der Waals surface area contributed by atoms with Gasteiger partial charge in [0.25, 0.3) is 5.91 Å². The molecule has 1 aliphatic carbocycles. The second-order valence-electron chi connectivity index (χ2n) is 9.79. The summed E-state index contributed by atoms with van der Waals surface area (Å²) in [6.45, 7) is 1.89. The molecule has 1 aromatic carbocycles. The second kappa shape index (κ2) is 9.42. The van der Waals surface area contributed by atoms with Crippen molar-refractivity contribution in [1.29, 1.82) is 0 Å². The molecule has 0 unspecified atom stereocenters. The Morgan fingerprint density at radius 1 is 1.00 bits per heavy atom. The third kappa shape index (κ3) is 3.97. The molecule has 10 nitrogen and oxygen atoms in total. The first kappa shape index (κ1) is 23.7. The van der Waals surface area contributed by atoms with Crippen molar-refractivity contribution in [2.24, 2.45) is 0 Å². The number of pyridine rings is 3. The smallest absolute Gasteiger partial charge is 0.270 e. The number of carbonyl (C=O) groups is 1. The van der Waals surface area contributed by atoms with E-state index in [4.69, 9.17) is 15.7 Å². The van der Waals surface area contributed by atoms with Crippen molar-refractivity contribution in [3.63, 3.8) is 0 Å². The zero-order valence-corrected chi connectivity index (χ0v) is 21.7. The minimum atomic E-state index is -0.162. The van der Waals surface area contributed by atoms with Crippen LogP contribution in [0.5, 0.6) is 0 Å². The highest BCUT2D eigenvalue weighted by atomic mass is 16.1. The Morgan fingerprint density at radius 3 is 2.70 bits per heavy atom. The van der Waals surface area contributed by atoms with Gasteiger partial charge >= 0.3 is 0 Å². The molecule has 5 heterocycles. The van der Waals surface area contributed by atoms with Crippen LogP contribution in [0.2, 0.25) is 0 Å². The fraction of sp³-hybridized carbons (Fsp3) is 0.133. The molecule has 1 amide bonds. The van der Waals surface area contributed by atoms with E-state index in [-0.39, 0.29) is 11.9 Å². The molecule has 6 aromatic rings. The summed E-state index contributed by atoms with van der Waals surface area (Å²) in [5, 5.41) is 7.51. The molecular formula is C30H25N9O. The predicted molar refractivity (Wildman–Crippen MR) is 151 cm³/mol. The van der Waals surface area contributed by atoms with Crippen LogP contribution in [-0.4, -0.2) is 40.2 Å². The van der Waals surface area contributed by atoms with Crippen molar-refractivity contribution in [2.75, 3.05) is 5.73 Å². The van der Waals surface area contributed by atoms with Gasteiger partial charge in [0.2, 0.25) is 0 Å². The first-order valence-corrected chi connectivity index (χ1v) is 13.0. The molecule has 3 N–H and O–H groups in total. The van der Waals surface area contributed by atoms with Crippen LogP contribution in [-0.2, 0) is 6.42 Å². The van der Waals surface area contributed by atoms with E-state index in [1.165, 1.54) is 0 Å². The molecule has 0 bridgehead atoms. The van der Waals surface area contributed by atoms with Crippen molar-refractivity contribution < 1.29 is 4.79 Å². The Kier molecular flexibility index (Phi) is 5.59. The largest absolute Gasteiger partial charge is 0.383 e. The highest BCUT2D eigenvalue weighted by Crippen LogP contribution is 2.36. The lowest BCUT2D eigenvalue weighted by Gasteiger charge is -2.16. The average molecular weight is 528 g/mol. The number of hydrogen-bond donors (Lipinski definition) is 2. The first-order valence-electron chi connectivity index (χ1n) is 13.0. The number of nitrogens with zero attached hydrogens (tertiary/aromatic N) is 7. The lowest BCUT2D eigenvalue weighted by molar-refractivity contribution is 0.0931. The number of amides is 1. The maximum Gasteiger partial charge on any atom is 0.270 e. The predicted octanol–water partition coefficient (Wildman–Crippen LogP) is 4.37. The van der Waals surface area contributed by atoms with Gasteiger partial charge in [0.1, 0.15) is 17.0 Å². The van der Waals surface area contributed by atoms with Gasteiger partial charge in [-0.15, -0.1) is 0 Å². The number of aromatic nitrogens is 7. The standard InChI is InChI=1S/C30H25N9O/c1-18-5-2-13-32-26(18)30(40)36-23-10-7-19-17-20(8-9-21(19)23)39-28(22-6-3-14-33-27(22)31)35-24-11-12-25(37-29(24)39)38-16-4-15-34-38/h2-6,8-9,11-17,23H,7,10H2,1H3,(H2,31,33)(H,36,40)/t23-/m0/s1. The summed E-state index contributed by atoms with van der Waals surface area (Å²) in [4.78, 5) is 31.4. The van der Waals surface area contributed by atoms with Gasteiger partial charge in [0.15, 0.2) is 17.3 Å². The van der Waals surface area contributed by atoms with Gasteiger partial charge < -0.3 is 11.1 Å². The Morgan fingerprint density at radius 2 is 1.88 bits per heavy atom. The number of rotatable bonds is 5.